The SMILES string of the molecule is CC(=O)[O-].CC(=O)[O-].O=C([O-])c1ccccc1.O=C([O-])c1ccccc1.[Pb]. The van der Waals surface area contributed by atoms with E-state index in [9.17, 15) is 19.8 Å². The molecule has 0 fully saturated rings. The summed E-state index contributed by atoms with van der Waals surface area (Å²) in [6.45, 7) is 1.94. The molecule has 2 aromatic carbocycles. The average Bonchev–Trinajstić information content (AvgIpc) is 2.56. The van der Waals surface area contributed by atoms with Gasteiger partial charge in [-0.05, 0) is 25.0 Å². The smallest absolute Gasteiger partial charge is 0.0715 e. The van der Waals surface area contributed by atoms with Gasteiger partial charge in [-0.25, -0.2) is 0 Å². The number of carbonyl (C=O) groups is 4. The van der Waals surface area contributed by atoms with Crippen molar-refractivity contribution in [2.24, 2.45) is 0 Å². The zero-order valence-corrected chi connectivity index (χ0v) is 18.4. The maximum absolute atomic E-state index is 10.1. The van der Waals surface area contributed by atoms with Crippen LogP contribution in [0.1, 0.15) is 34.6 Å². The van der Waals surface area contributed by atoms with Crippen LogP contribution in [0, 0.1) is 0 Å². The second-order valence-corrected chi connectivity index (χ2v) is 4.29. The largest absolute Gasteiger partial charge is 0.550 e. The summed E-state index contributed by atoms with van der Waals surface area (Å²) in [5.74, 6) is -4.42. The maximum atomic E-state index is 10.1. The fraction of sp³-hybridized carbons (Fsp3) is 0.111. The van der Waals surface area contributed by atoms with Crippen molar-refractivity contribution in [3.8, 4) is 0 Å². The molecule has 0 aromatic heterocycles. The van der Waals surface area contributed by atoms with E-state index < -0.39 is 23.9 Å². The third-order valence-electron chi connectivity index (χ3n) is 2.02. The van der Waals surface area contributed by atoms with Gasteiger partial charge in [0.25, 0.3) is 0 Å². The Kier molecular flexibility index (Phi) is 19.4. The Hall–Kier alpha value is -2.76. The zero-order chi connectivity index (χ0) is 20.5. The number of carboxylic acids is 4. The molecule has 0 heterocycles. The van der Waals surface area contributed by atoms with Gasteiger partial charge in [0.2, 0.25) is 0 Å². The minimum Gasteiger partial charge on any atom is -0.550 e. The number of rotatable bonds is 2. The van der Waals surface area contributed by atoms with Crippen molar-refractivity contribution in [3.63, 3.8) is 0 Å². The molecule has 9 heteroatoms. The minimum atomic E-state index is -1.13. The predicted molar refractivity (Wildman–Crippen MR) is 88.7 cm³/mol. The first kappa shape index (κ1) is 29.0. The summed E-state index contributed by atoms with van der Waals surface area (Å²) in [5, 5.41) is 38.0. The van der Waals surface area contributed by atoms with E-state index in [2.05, 4.69) is 0 Å². The van der Waals surface area contributed by atoms with Gasteiger partial charge in [0.15, 0.2) is 0 Å². The average molecular weight is 568 g/mol. The molecular weight excluding hydrogens is 551 g/mol. The molecule has 0 aliphatic heterocycles. The van der Waals surface area contributed by atoms with E-state index in [0.717, 1.165) is 13.8 Å². The van der Waals surface area contributed by atoms with Gasteiger partial charge in [-0.2, -0.15) is 0 Å². The fourth-order valence-electron chi connectivity index (χ4n) is 1.15. The fourth-order valence-corrected chi connectivity index (χ4v) is 1.15. The molecular formula is C18H16O8Pb-4. The summed E-state index contributed by atoms with van der Waals surface area (Å²) < 4.78 is 0. The van der Waals surface area contributed by atoms with E-state index in [-0.39, 0.29) is 38.4 Å². The molecule has 0 aliphatic carbocycles. The summed E-state index contributed by atoms with van der Waals surface area (Å²) in [5.41, 5.74) is 0.440. The standard InChI is InChI=1S/2C7H6O2.2C2H4O2.Pb/c2*8-7(9)6-4-2-1-3-5-6;2*1-2(3)4;/h2*1-5H,(H,8,9);2*1H3,(H,3,4);/p-4. The second kappa shape index (κ2) is 18.0. The molecule has 2 rings (SSSR count). The molecule has 0 saturated heterocycles. The van der Waals surface area contributed by atoms with Crippen LogP contribution in [0.5, 0.6) is 0 Å². The van der Waals surface area contributed by atoms with Gasteiger partial charge in [-0.1, -0.05) is 60.7 Å². The summed E-state index contributed by atoms with van der Waals surface area (Å²) >= 11 is 0. The van der Waals surface area contributed by atoms with Crippen molar-refractivity contribution in [2.75, 3.05) is 0 Å². The molecule has 0 unspecified atom stereocenters. The Morgan fingerprint density at radius 3 is 0.852 bits per heavy atom. The molecule has 0 saturated carbocycles. The molecule has 144 valence electrons. The van der Waals surface area contributed by atoms with Crippen LogP contribution in [0.25, 0.3) is 0 Å². The van der Waals surface area contributed by atoms with Gasteiger partial charge in [0.1, 0.15) is 0 Å². The van der Waals surface area contributed by atoms with Gasteiger partial charge >= 0.3 is 0 Å². The molecule has 0 atom stereocenters. The van der Waals surface area contributed by atoms with Crippen molar-refractivity contribution < 1.29 is 39.6 Å². The molecule has 27 heavy (non-hydrogen) atoms. The van der Waals surface area contributed by atoms with Crippen molar-refractivity contribution in [1.82, 2.24) is 0 Å². The zero-order valence-electron chi connectivity index (χ0n) is 14.5. The number of aromatic carboxylic acids is 2. The van der Waals surface area contributed by atoms with Crippen LogP contribution in [-0.4, -0.2) is 51.2 Å². The van der Waals surface area contributed by atoms with Crippen LogP contribution in [-0.2, 0) is 9.59 Å². The molecule has 2 aromatic rings. The van der Waals surface area contributed by atoms with Crippen LogP contribution in [0.2, 0.25) is 0 Å². The van der Waals surface area contributed by atoms with Gasteiger partial charge < -0.3 is 39.6 Å². The van der Waals surface area contributed by atoms with Crippen molar-refractivity contribution in [1.29, 1.82) is 0 Å². The number of carboxylic acid groups (broad SMARTS) is 4. The maximum Gasteiger partial charge on any atom is 0.0715 e. The van der Waals surface area contributed by atoms with Gasteiger partial charge in [-0.3, -0.25) is 0 Å². The van der Waals surface area contributed by atoms with E-state index in [4.69, 9.17) is 19.8 Å². The first-order valence-electron chi connectivity index (χ1n) is 6.95. The quantitative estimate of drug-likeness (QED) is 0.353. The molecule has 0 aliphatic rings. The van der Waals surface area contributed by atoms with E-state index in [0.29, 0.717) is 0 Å². The number of hydrogen-bond donors (Lipinski definition) is 0. The number of carbonyl (C=O) groups excluding carboxylic acids is 4. The number of aliphatic carboxylic acids is 2. The van der Waals surface area contributed by atoms with Gasteiger partial charge in [0, 0.05) is 39.2 Å². The minimum absolute atomic E-state index is 0. The normalized spacial score (nSPS) is 7.78. The number of benzene rings is 2. The first-order valence-corrected chi connectivity index (χ1v) is 6.95. The van der Waals surface area contributed by atoms with Crippen LogP contribution in [0.3, 0.4) is 0 Å². The van der Waals surface area contributed by atoms with Crippen LogP contribution in [0.15, 0.2) is 60.7 Å². The molecule has 0 amide bonds. The molecule has 0 bridgehead atoms. The van der Waals surface area contributed by atoms with Crippen molar-refractivity contribution >= 4 is 51.2 Å². The Balaban J connectivity index is -0.000000303. The monoisotopic (exact) mass is 568 g/mol. The van der Waals surface area contributed by atoms with Crippen molar-refractivity contribution in [2.45, 2.75) is 13.8 Å². The molecule has 4 radical (unpaired) electrons. The molecule has 0 N–H and O–H groups in total. The molecule has 0 spiro atoms. The third kappa shape index (κ3) is 23.2. The number of hydrogen-bond acceptors (Lipinski definition) is 8. The Labute approximate surface area is 176 Å². The van der Waals surface area contributed by atoms with Crippen LogP contribution in [0.4, 0.5) is 0 Å². The summed E-state index contributed by atoms with van der Waals surface area (Å²) in [7, 11) is 0. The van der Waals surface area contributed by atoms with Gasteiger partial charge in [-0.15, -0.1) is 0 Å². The topological polar surface area (TPSA) is 161 Å². The van der Waals surface area contributed by atoms with E-state index in [1.165, 1.54) is 24.3 Å². The summed E-state index contributed by atoms with van der Waals surface area (Å²) in [6.07, 6.45) is 0. The summed E-state index contributed by atoms with van der Waals surface area (Å²) in [4.78, 5) is 38.0. The summed E-state index contributed by atoms with van der Waals surface area (Å²) in [6, 6.07) is 16.1. The Morgan fingerprint density at radius 1 is 0.556 bits per heavy atom. The molecule has 8 nitrogen and oxygen atoms in total. The van der Waals surface area contributed by atoms with E-state index >= 15 is 0 Å². The predicted octanol–water partition coefficient (Wildman–Crippen LogP) is -2.77. The van der Waals surface area contributed by atoms with Crippen LogP contribution >= 0.6 is 0 Å². The first-order chi connectivity index (χ1) is 12.1. The second-order valence-electron chi connectivity index (χ2n) is 4.29. The van der Waals surface area contributed by atoms with Crippen LogP contribution < -0.4 is 20.4 Å². The van der Waals surface area contributed by atoms with E-state index in [1.807, 2.05) is 0 Å². The van der Waals surface area contributed by atoms with Gasteiger partial charge in [0.05, 0.1) is 11.9 Å². The Bertz CT molecular complexity index is 618. The third-order valence-corrected chi connectivity index (χ3v) is 2.02. The van der Waals surface area contributed by atoms with Crippen molar-refractivity contribution in [3.05, 3.63) is 71.8 Å². The van der Waals surface area contributed by atoms with E-state index in [1.54, 1.807) is 36.4 Å². The Morgan fingerprint density at radius 2 is 0.741 bits per heavy atom.